The predicted octanol–water partition coefficient (Wildman–Crippen LogP) is 3.67. The Hall–Kier alpha value is -2.42. The average Bonchev–Trinajstić information content (AvgIpc) is 3.03. The quantitative estimate of drug-likeness (QED) is 0.811. The maximum Gasteiger partial charge on any atom is 0.434 e. The van der Waals surface area contributed by atoms with Gasteiger partial charge in [-0.3, -0.25) is 4.79 Å². The van der Waals surface area contributed by atoms with Gasteiger partial charge < -0.3 is 10.4 Å². The van der Waals surface area contributed by atoms with Crippen LogP contribution in [-0.4, -0.2) is 22.0 Å². The highest BCUT2D eigenvalue weighted by Crippen LogP contribution is 2.32. The number of halogens is 3. The number of aromatic nitrogens is 1. The van der Waals surface area contributed by atoms with Gasteiger partial charge in [-0.1, -0.05) is 25.1 Å². The summed E-state index contributed by atoms with van der Waals surface area (Å²) in [4.78, 5) is 26.9. The van der Waals surface area contributed by atoms with Crippen molar-refractivity contribution in [1.82, 2.24) is 10.3 Å². The molecule has 0 aliphatic heterocycles. The molecule has 2 rings (SSSR count). The molecule has 1 aromatic heterocycles. The van der Waals surface area contributed by atoms with Crippen molar-refractivity contribution in [3.8, 4) is 0 Å². The minimum atomic E-state index is -4.53. The third-order valence-electron chi connectivity index (χ3n) is 3.45. The van der Waals surface area contributed by atoms with Crippen molar-refractivity contribution < 1.29 is 27.9 Å². The Morgan fingerprint density at radius 3 is 2.56 bits per heavy atom. The highest BCUT2D eigenvalue weighted by Gasteiger charge is 2.34. The summed E-state index contributed by atoms with van der Waals surface area (Å²) in [5.74, 6) is -1.63. The number of carboxylic acid groups (broad SMARTS) is 1. The molecular weight excluding hydrogens is 357 g/mol. The van der Waals surface area contributed by atoms with E-state index in [0.717, 1.165) is 16.7 Å². The van der Waals surface area contributed by atoms with Gasteiger partial charge in [0.25, 0.3) is 0 Å². The van der Waals surface area contributed by atoms with Crippen LogP contribution in [0.15, 0.2) is 29.6 Å². The summed E-state index contributed by atoms with van der Waals surface area (Å²) in [5, 5.41) is 12.8. The zero-order chi connectivity index (χ0) is 18.6. The molecule has 2 aromatic rings. The van der Waals surface area contributed by atoms with Crippen LogP contribution in [0.5, 0.6) is 0 Å². The Morgan fingerprint density at radius 1 is 1.32 bits per heavy atom. The minimum Gasteiger partial charge on any atom is -0.478 e. The van der Waals surface area contributed by atoms with E-state index in [1.807, 2.05) is 0 Å². The van der Waals surface area contributed by atoms with E-state index < -0.39 is 29.8 Å². The van der Waals surface area contributed by atoms with E-state index in [4.69, 9.17) is 5.11 Å². The molecule has 1 atom stereocenters. The van der Waals surface area contributed by atoms with Crippen LogP contribution in [-0.2, 0) is 17.4 Å². The molecular formula is C16H15F3N2O3S. The molecule has 0 spiro atoms. The van der Waals surface area contributed by atoms with Crippen molar-refractivity contribution in [2.75, 3.05) is 0 Å². The van der Waals surface area contributed by atoms with E-state index >= 15 is 0 Å². The fourth-order valence-electron chi connectivity index (χ4n) is 2.22. The lowest BCUT2D eigenvalue weighted by atomic mass is 10.0. The second-order valence-corrected chi connectivity index (χ2v) is 6.13. The number of amides is 1. The molecule has 2 N–H and O–H groups in total. The third kappa shape index (κ3) is 4.79. The lowest BCUT2D eigenvalue weighted by molar-refractivity contribution is -0.140. The van der Waals surface area contributed by atoms with Crippen molar-refractivity contribution in [3.63, 3.8) is 0 Å². The van der Waals surface area contributed by atoms with Crippen molar-refractivity contribution in [3.05, 3.63) is 51.5 Å². The number of carbonyl (C=O) groups excluding carboxylic acids is 1. The van der Waals surface area contributed by atoms with Crippen LogP contribution in [0.4, 0.5) is 13.2 Å². The fraction of sp³-hybridized carbons (Fsp3) is 0.312. The van der Waals surface area contributed by atoms with E-state index in [1.165, 1.54) is 12.1 Å². The summed E-state index contributed by atoms with van der Waals surface area (Å²) in [6.45, 7) is 1.71. The van der Waals surface area contributed by atoms with Crippen molar-refractivity contribution in [1.29, 1.82) is 0 Å². The molecule has 1 heterocycles. The number of aromatic carboxylic acids is 1. The first-order valence-corrected chi connectivity index (χ1v) is 8.23. The van der Waals surface area contributed by atoms with E-state index in [1.54, 1.807) is 19.1 Å². The van der Waals surface area contributed by atoms with Gasteiger partial charge in [0, 0.05) is 5.38 Å². The SMILES string of the molecule is CCC(NC(=O)Cc1ccccc1C(=O)O)c1nc(C(F)(F)F)cs1. The van der Waals surface area contributed by atoms with Crippen LogP contribution in [0.25, 0.3) is 0 Å². The minimum absolute atomic E-state index is 0.0132. The number of alkyl halides is 3. The predicted molar refractivity (Wildman–Crippen MR) is 85.4 cm³/mol. The van der Waals surface area contributed by atoms with Crippen molar-refractivity contribution >= 4 is 23.2 Å². The van der Waals surface area contributed by atoms with Crippen LogP contribution in [0, 0.1) is 0 Å². The molecule has 9 heteroatoms. The van der Waals surface area contributed by atoms with Gasteiger partial charge in [-0.05, 0) is 18.1 Å². The number of thiazole rings is 1. The van der Waals surface area contributed by atoms with E-state index in [2.05, 4.69) is 10.3 Å². The Labute approximate surface area is 145 Å². The molecule has 1 aromatic carbocycles. The van der Waals surface area contributed by atoms with Gasteiger partial charge in [0.05, 0.1) is 18.0 Å². The van der Waals surface area contributed by atoms with Crippen LogP contribution >= 0.6 is 11.3 Å². The molecule has 5 nitrogen and oxygen atoms in total. The second kappa shape index (κ2) is 7.64. The van der Waals surface area contributed by atoms with E-state index in [9.17, 15) is 22.8 Å². The van der Waals surface area contributed by atoms with Gasteiger partial charge in [0.1, 0.15) is 5.01 Å². The number of nitrogens with zero attached hydrogens (tertiary/aromatic N) is 1. The van der Waals surface area contributed by atoms with E-state index in [-0.39, 0.29) is 17.0 Å². The monoisotopic (exact) mass is 372 g/mol. The summed E-state index contributed by atoms with van der Waals surface area (Å²) in [7, 11) is 0. The molecule has 1 unspecified atom stereocenters. The highest BCUT2D eigenvalue weighted by molar-refractivity contribution is 7.09. The van der Waals surface area contributed by atoms with Gasteiger partial charge >= 0.3 is 12.1 Å². The molecule has 0 bridgehead atoms. The van der Waals surface area contributed by atoms with Gasteiger partial charge in [-0.2, -0.15) is 13.2 Å². The summed E-state index contributed by atoms with van der Waals surface area (Å²) in [5.41, 5.74) is -0.645. The number of carboxylic acids is 1. The zero-order valence-electron chi connectivity index (χ0n) is 13.1. The number of benzene rings is 1. The number of hydrogen-bond acceptors (Lipinski definition) is 4. The van der Waals surface area contributed by atoms with Gasteiger partial charge in [0.2, 0.25) is 5.91 Å². The fourth-order valence-corrected chi connectivity index (χ4v) is 3.18. The second-order valence-electron chi connectivity index (χ2n) is 5.24. The van der Waals surface area contributed by atoms with Crippen molar-refractivity contribution in [2.45, 2.75) is 32.0 Å². The summed E-state index contributed by atoms with van der Waals surface area (Å²) < 4.78 is 37.9. The van der Waals surface area contributed by atoms with Gasteiger partial charge in [-0.15, -0.1) is 11.3 Å². The normalized spacial score (nSPS) is 12.6. The van der Waals surface area contributed by atoms with Crippen molar-refractivity contribution in [2.24, 2.45) is 0 Å². The first kappa shape index (κ1) is 18.9. The maximum absolute atomic E-state index is 12.6. The smallest absolute Gasteiger partial charge is 0.434 e. The topological polar surface area (TPSA) is 79.3 Å². The van der Waals surface area contributed by atoms with Crippen LogP contribution in [0.3, 0.4) is 0 Å². The lowest BCUT2D eigenvalue weighted by Crippen LogP contribution is -2.30. The number of nitrogens with one attached hydrogen (secondary N) is 1. The summed E-state index contributed by atoms with van der Waals surface area (Å²) >= 11 is 0.825. The Kier molecular flexibility index (Phi) is 5.78. The molecule has 1 amide bonds. The molecule has 0 aliphatic rings. The number of carbonyl (C=O) groups is 2. The molecule has 134 valence electrons. The van der Waals surface area contributed by atoms with E-state index in [0.29, 0.717) is 12.0 Å². The maximum atomic E-state index is 12.6. The summed E-state index contributed by atoms with van der Waals surface area (Å²) in [6, 6.07) is 5.41. The highest BCUT2D eigenvalue weighted by atomic mass is 32.1. The molecule has 25 heavy (non-hydrogen) atoms. The lowest BCUT2D eigenvalue weighted by Gasteiger charge is -2.15. The first-order valence-electron chi connectivity index (χ1n) is 7.35. The molecule has 0 radical (unpaired) electrons. The van der Waals surface area contributed by atoms with Gasteiger partial charge in [-0.25, -0.2) is 9.78 Å². The molecule has 0 aliphatic carbocycles. The average molecular weight is 372 g/mol. The molecule has 0 saturated carbocycles. The number of rotatable bonds is 6. The largest absolute Gasteiger partial charge is 0.478 e. The molecule has 0 saturated heterocycles. The Balaban J connectivity index is 2.10. The first-order chi connectivity index (χ1) is 11.7. The van der Waals surface area contributed by atoms with Gasteiger partial charge in [0.15, 0.2) is 5.69 Å². The van der Waals surface area contributed by atoms with Crippen LogP contribution in [0.1, 0.15) is 46.0 Å². The Bertz CT molecular complexity index is 774. The standard InChI is InChI=1S/C16H15F3N2O3S/c1-2-11(14-21-12(8-25-14)16(17,18)19)20-13(22)7-9-5-3-4-6-10(9)15(23)24/h3-6,8,11H,2,7H2,1H3,(H,20,22)(H,23,24). The number of hydrogen-bond donors (Lipinski definition) is 2. The van der Waals surface area contributed by atoms with Crippen LogP contribution < -0.4 is 5.32 Å². The third-order valence-corrected chi connectivity index (χ3v) is 4.41. The Morgan fingerprint density at radius 2 is 2.00 bits per heavy atom. The summed E-state index contributed by atoms with van der Waals surface area (Å²) in [6.07, 6.45) is -4.36. The van der Waals surface area contributed by atoms with Crippen LogP contribution in [0.2, 0.25) is 0 Å². The zero-order valence-corrected chi connectivity index (χ0v) is 13.9. The molecule has 0 fully saturated rings.